The van der Waals surface area contributed by atoms with E-state index in [4.69, 9.17) is 0 Å². The minimum atomic E-state index is 1.18. The van der Waals surface area contributed by atoms with Gasteiger partial charge in [-0.25, -0.2) is 0 Å². The van der Waals surface area contributed by atoms with Crippen LogP contribution in [0.3, 0.4) is 0 Å². The van der Waals surface area contributed by atoms with Crippen LogP contribution in [0.25, 0.3) is 0 Å². The molecule has 0 spiro atoms. The van der Waals surface area contributed by atoms with Crippen LogP contribution in [0.15, 0.2) is 10.6 Å². The van der Waals surface area contributed by atoms with Gasteiger partial charge in [0.15, 0.2) is 0 Å². The van der Waals surface area contributed by atoms with E-state index in [2.05, 4.69) is 30.9 Å². The van der Waals surface area contributed by atoms with Crippen molar-refractivity contribution in [2.45, 2.75) is 97.3 Å². The maximum absolute atomic E-state index is 3.68. The lowest BCUT2D eigenvalue weighted by Gasteiger charge is -2.22. The lowest BCUT2D eigenvalue weighted by molar-refractivity contribution is 0.591. The highest BCUT2D eigenvalue weighted by Gasteiger charge is 2.12. The van der Waals surface area contributed by atoms with Gasteiger partial charge in [0.1, 0.15) is 0 Å². The molecule has 0 bridgehead atoms. The molecule has 1 rings (SSSR count). The first kappa shape index (κ1) is 18.9. The van der Waals surface area contributed by atoms with E-state index in [1.165, 1.54) is 95.8 Å². The Morgan fingerprint density at radius 3 is 2.00 bits per heavy atom. The van der Waals surface area contributed by atoms with Gasteiger partial charge in [-0.2, -0.15) is 0 Å². The number of allylic oxidation sites excluding steroid dienone is 2. The molecule has 1 aliphatic heterocycles. The van der Waals surface area contributed by atoms with Crippen LogP contribution in [0.1, 0.15) is 97.3 Å². The molecule has 0 radical (unpaired) electrons. The second-order valence-electron chi connectivity index (χ2n) is 6.36. The fourth-order valence-electron chi connectivity index (χ4n) is 2.98. The van der Waals surface area contributed by atoms with Crippen LogP contribution < -0.4 is 5.32 Å². The van der Waals surface area contributed by atoms with E-state index in [-0.39, 0.29) is 0 Å². The summed E-state index contributed by atoms with van der Waals surface area (Å²) in [6.45, 7) is 5.76. The molecule has 1 aliphatic rings. The molecular formula is C19H37NS. The molecule has 1 N–H and O–H groups in total. The van der Waals surface area contributed by atoms with Crippen molar-refractivity contribution >= 4 is 11.8 Å². The lowest BCUT2D eigenvalue weighted by Crippen LogP contribution is -2.22. The third-order valence-electron chi connectivity index (χ3n) is 4.34. The van der Waals surface area contributed by atoms with E-state index >= 15 is 0 Å². The van der Waals surface area contributed by atoms with Gasteiger partial charge in [-0.05, 0) is 25.7 Å². The zero-order valence-corrected chi connectivity index (χ0v) is 15.3. The Morgan fingerprint density at radius 1 is 0.762 bits per heavy atom. The Morgan fingerprint density at radius 2 is 1.33 bits per heavy atom. The van der Waals surface area contributed by atoms with Gasteiger partial charge in [0.25, 0.3) is 0 Å². The second kappa shape index (κ2) is 13.5. The maximum Gasteiger partial charge on any atom is 0.0238 e. The number of rotatable bonds is 13. The summed E-state index contributed by atoms with van der Waals surface area (Å²) in [4.78, 5) is 1.69. The molecule has 124 valence electrons. The van der Waals surface area contributed by atoms with Gasteiger partial charge in [-0.1, -0.05) is 71.6 Å². The molecule has 0 unspecified atom stereocenters. The monoisotopic (exact) mass is 311 g/mol. The van der Waals surface area contributed by atoms with Gasteiger partial charge in [0.05, 0.1) is 0 Å². The summed E-state index contributed by atoms with van der Waals surface area (Å²) in [6.07, 6.45) is 18.0. The standard InChI is InChI=1S/C19H37NS/c1-3-5-7-9-11-12-14-18-19(21-17-16-20-18)15-13-10-8-6-4-2/h20H,3-17H2,1-2H3. The Labute approximate surface area is 137 Å². The van der Waals surface area contributed by atoms with Crippen molar-refractivity contribution < 1.29 is 0 Å². The molecule has 0 aliphatic carbocycles. The zero-order chi connectivity index (χ0) is 15.2. The van der Waals surface area contributed by atoms with Crippen LogP contribution in [0.2, 0.25) is 0 Å². The highest BCUT2D eigenvalue weighted by Crippen LogP contribution is 2.30. The molecule has 0 saturated carbocycles. The summed E-state index contributed by atoms with van der Waals surface area (Å²) >= 11 is 2.12. The average molecular weight is 312 g/mol. The molecule has 2 heteroatoms. The van der Waals surface area contributed by atoms with E-state index < -0.39 is 0 Å². The van der Waals surface area contributed by atoms with Crippen molar-refractivity contribution in [3.63, 3.8) is 0 Å². The number of thioether (sulfide) groups is 1. The van der Waals surface area contributed by atoms with Crippen LogP contribution >= 0.6 is 11.8 Å². The first-order valence-electron chi connectivity index (χ1n) is 9.47. The molecule has 0 aromatic rings. The van der Waals surface area contributed by atoms with Gasteiger partial charge in [-0.15, -0.1) is 11.8 Å². The van der Waals surface area contributed by atoms with Crippen molar-refractivity contribution in [1.82, 2.24) is 5.32 Å². The minimum Gasteiger partial charge on any atom is -0.387 e. The van der Waals surface area contributed by atoms with E-state index in [9.17, 15) is 0 Å². The molecule has 0 fully saturated rings. The predicted octanol–water partition coefficient (Wildman–Crippen LogP) is 6.65. The van der Waals surface area contributed by atoms with E-state index in [0.717, 1.165) is 0 Å². The zero-order valence-electron chi connectivity index (χ0n) is 14.5. The van der Waals surface area contributed by atoms with Crippen LogP contribution in [0, 0.1) is 0 Å². The lowest BCUT2D eigenvalue weighted by atomic mass is 10.1. The maximum atomic E-state index is 3.68. The third kappa shape index (κ3) is 9.50. The van der Waals surface area contributed by atoms with Gasteiger partial charge < -0.3 is 5.32 Å². The summed E-state index contributed by atoms with van der Waals surface area (Å²) in [6, 6.07) is 0. The van der Waals surface area contributed by atoms with E-state index in [1.54, 1.807) is 10.6 Å². The van der Waals surface area contributed by atoms with Gasteiger partial charge in [0, 0.05) is 22.9 Å². The Hall–Kier alpha value is -0.110. The van der Waals surface area contributed by atoms with Crippen LogP contribution in [-0.2, 0) is 0 Å². The Kier molecular flexibility index (Phi) is 12.2. The summed E-state index contributed by atoms with van der Waals surface area (Å²) in [5.41, 5.74) is 1.59. The van der Waals surface area contributed by atoms with Crippen molar-refractivity contribution in [3.8, 4) is 0 Å². The predicted molar refractivity (Wildman–Crippen MR) is 98.9 cm³/mol. The molecule has 1 nitrogen and oxygen atoms in total. The quantitative estimate of drug-likeness (QED) is 0.382. The molecular weight excluding hydrogens is 274 g/mol. The molecule has 1 heterocycles. The molecule has 0 saturated heterocycles. The number of unbranched alkanes of at least 4 members (excludes halogenated alkanes) is 9. The highest BCUT2D eigenvalue weighted by atomic mass is 32.2. The van der Waals surface area contributed by atoms with Gasteiger partial charge in [-0.3, -0.25) is 0 Å². The number of nitrogens with one attached hydrogen (secondary N) is 1. The second-order valence-corrected chi connectivity index (χ2v) is 7.55. The Bertz CT molecular complexity index is 273. The highest BCUT2D eigenvalue weighted by molar-refractivity contribution is 8.03. The third-order valence-corrected chi connectivity index (χ3v) is 5.55. The Balaban J connectivity index is 2.19. The summed E-state index contributed by atoms with van der Waals surface area (Å²) < 4.78 is 0. The molecule has 0 atom stereocenters. The van der Waals surface area contributed by atoms with Crippen molar-refractivity contribution in [1.29, 1.82) is 0 Å². The number of hydrogen-bond acceptors (Lipinski definition) is 2. The molecule has 21 heavy (non-hydrogen) atoms. The van der Waals surface area contributed by atoms with Gasteiger partial charge in [0.2, 0.25) is 0 Å². The van der Waals surface area contributed by atoms with Crippen molar-refractivity contribution in [3.05, 3.63) is 10.6 Å². The van der Waals surface area contributed by atoms with Crippen molar-refractivity contribution in [2.24, 2.45) is 0 Å². The minimum absolute atomic E-state index is 1.18. The molecule has 0 aromatic carbocycles. The SMILES string of the molecule is CCCCCCCCC1=C(CCCCCCC)SCCN1. The fraction of sp³-hybridized carbons (Fsp3) is 0.895. The first-order chi connectivity index (χ1) is 10.4. The number of hydrogen-bond donors (Lipinski definition) is 1. The molecule has 0 aromatic heterocycles. The summed E-state index contributed by atoms with van der Waals surface area (Å²) in [5.74, 6) is 1.27. The van der Waals surface area contributed by atoms with E-state index in [0.29, 0.717) is 0 Å². The van der Waals surface area contributed by atoms with Crippen LogP contribution in [0.4, 0.5) is 0 Å². The summed E-state index contributed by atoms with van der Waals surface area (Å²) in [7, 11) is 0. The molecule has 0 amide bonds. The topological polar surface area (TPSA) is 12.0 Å². The summed E-state index contributed by atoms with van der Waals surface area (Å²) in [5, 5.41) is 3.68. The van der Waals surface area contributed by atoms with Crippen LogP contribution in [0.5, 0.6) is 0 Å². The van der Waals surface area contributed by atoms with Gasteiger partial charge >= 0.3 is 0 Å². The smallest absolute Gasteiger partial charge is 0.0238 e. The average Bonchev–Trinajstić information content (AvgIpc) is 2.52. The van der Waals surface area contributed by atoms with Crippen LogP contribution in [-0.4, -0.2) is 12.3 Å². The van der Waals surface area contributed by atoms with Crippen molar-refractivity contribution in [2.75, 3.05) is 12.3 Å². The fourth-order valence-corrected chi connectivity index (χ4v) is 4.07. The first-order valence-corrected chi connectivity index (χ1v) is 10.5. The largest absolute Gasteiger partial charge is 0.387 e. The normalized spacial score (nSPS) is 15.3. The van der Waals surface area contributed by atoms with E-state index in [1.807, 2.05) is 0 Å².